The van der Waals surface area contributed by atoms with Crippen molar-refractivity contribution in [2.24, 2.45) is 0 Å². The minimum atomic E-state index is -0.00711. The van der Waals surface area contributed by atoms with Crippen molar-refractivity contribution in [3.63, 3.8) is 0 Å². The van der Waals surface area contributed by atoms with Crippen molar-refractivity contribution in [2.75, 3.05) is 25.9 Å². The predicted octanol–water partition coefficient (Wildman–Crippen LogP) is 1.92. The summed E-state index contributed by atoms with van der Waals surface area (Å²) >= 11 is 0. The van der Waals surface area contributed by atoms with E-state index in [1.54, 1.807) is 24.1 Å². The molecule has 2 N–H and O–H groups in total. The number of hydrogen-bond donors (Lipinski definition) is 1. The van der Waals surface area contributed by atoms with Gasteiger partial charge in [-0.3, -0.25) is 4.79 Å². The number of ether oxygens (including phenoxy) is 1. The molecule has 4 nitrogen and oxygen atoms in total. The first-order chi connectivity index (χ1) is 9.15. The fourth-order valence-corrected chi connectivity index (χ4v) is 2.09. The van der Waals surface area contributed by atoms with E-state index in [0.717, 1.165) is 30.7 Å². The quantitative estimate of drug-likeness (QED) is 0.664. The molecule has 1 atom stereocenters. The van der Waals surface area contributed by atoms with Crippen LogP contribution in [0.5, 0.6) is 0 Å². The third kappa shape index (κ3) is 4.10. The van der Waals surface area contributed by atoms with Crippen molar-refractivity contribution in [1.29, 1.82) is 0 Å². The average Bonchev–Trinajstić information content (AvgIpc) is 2.90. The third-order valence-corrected chi connectivity index (χ3v) is 3.23. The Hall–Kier alpha value is -1.81. The van der Waals surface area contributed by atoms with Crippen LogP contribution in [0, 0.1) is 0 Å². The van der Waals surface area contributed by atoms with E-state index < -0.39 is 0 Å². The van der Waals surface area contributed by atoms with Gasteiger partial charge in [0.2, 0.25) is 5.91 Å². The number of nitrogen functional groups attached to an aromatic ring is 1. The molecule has 1 aliphatic rings. The Balaban J connectivity index is 1.86. The molecule has 4 heteroatoms. The summed E-state index contributed by atoms with van der Waals surface area (Å²) in [5.74, 6) is -0.00711. The normalized spacial score (nSPS) is 18.9. The standard InChI is InChI=1S/C15H20N2O2/c1-17(11-14-3-2-10-19-14)15(18)9-6-12-4-7-13(16)8-5-12/h4-9,14H,2-3,10-11,16H2,1H3/b9-6+. The number of carbonyl (C=O) groups excluding carboxylic acids is 1. The number of likely N-dealkylation sites (N-methyl/N-ethyl adjacent to an activating group) is 1. The first kappa shape index (κ1) is 13.6. The van der Waals surface area contributed by atoms with E-state index in [1.165, 1.54) is 0 Å². The van der Waals surface area contributed by atoms with Crippen LogP contribution in [-0.4, -0.2) is 37.1 Å². The minimum Gasteiger partial charge on any atom is -0.399 e. The lowest BCUT2D eigenvalue weighted by Crippen LogP contribution is -2.32. The van der Waals surface area contributed by atoms with Gasteiger partial charge in [-0.1, -0.05) is 12.1 Å². The zero-order chi connectivity index (χ0) is 13.7. The SMILES string of the molecule is CN(CC1CCCO1)C(=O)/C=C/c1ccc(N)cc1. The summed E-state index contributed by atoms with van der Waals surface area (Å²) in [6.07, 6.45) is 5.71. The Bertz CT molecular complexity index is 448. The molecule has 1 aromatic carbocycles. The van der Waals surface area contributed by atoms with Gasteiger partial charge >= 0.3 is 0 Å². The maximum Gasteiger partial charge on any atom is 0.246 e. The Morgan fingerprint density at radius 2 is 2.21 bits per heavy atom. The number of rotatable bonds is 4. The van der Waals surface area contributed by atoms with Gasteiger partial charge in [-0.15, -0.1) is 0 Å². The number of anilines is 1. The molecule has 1 unspecified atom stereocenters. The van der Waals surface area contributed by atoms with E-state index in [4.69, 9.17) is 10.5 Å². The van der Waals surface area contributed by atoms with Gasteiger partial charge in [-0.2, -0.15) is 0 Å². The van der Waals surface area contributed by atoms with E-state index in [9.17, 15) is 4.79 Å². The molecule has 1 fully saturated rings. The van der Waals surface area contributed by atoms with E-state index >= 15 is 0 Å². The molecule has 0 spiro atoms. The third-order valence-electron chi connectivity index (χ3n) is 3.23. The number of hydrogen-bond acceptors (Lipinski definition) is 3. The van der Waals surface area contributed by atoms with Gasteiger partial charge in [0.15, 0.2) is 0 Å². The Morgan fingerprint density at radius 1 is 1.47 bits per heavy atom. The smallest absolute Gasteiger partial charge is 0.246 e. The van der Waals surface area contributed by atoms with E-state index in [2.05, 4.69) is 0 Å². The lowest BCUT2D eigenvalue weighted by atomic mass is 10.2. The van der Waals surface area contributed by atoms with E-state index in [0.29, 0.717) is 6.54 Å². The van der Waals surface area contributed by atoms with Crippen LogP contribution in [0.4, 0.5) is 5.69 Å². The lowest BCUT2D eigenvalue weighted by Gasteiger charge is -2.19. The maximum absolute atomic E-state index is 11.9. The fraction of sp³-hybridized carbons (Fsp3) is 0.400. The lowest BCUT2D eigenvalue weighted by molar-refractivity contribution is -0.126. The van der Waals surface area contributed by atoms with Crippen molar-refractivity contribution in [3.05, 3.63) is 35.9 Å². The van der Waals surface area contributed by atoms with Gasteiger partial charge in [0, 0.05) is 32.0 Å². The van der Waals surface area contributed by atoms with Gasteiger partial charge in [0.25, 0.3) is 0 Å². The highest BCUT2D eigenvalue weighted by atomic mass is 16.5. The van der Waals surface area contributed by atoms with Crippen molar-refractivity contribution in [3.8, 4) is 0 Å². The summed E-state index contributed by atoms with van der Waals surface area (Å²) < 4.78 is 5.52. The summed E-state index contributed by atoms with van der Waals surface area (Å²) in [4.78, 5) is 13.6. The molecule has 0 aliphatic carbocycles. The number of amides is 1. The molecule has 1 aliphatic heterocycles. The van der Waals surface area contributed by atoms with Crippen LogP contribution < -0.4 is 5.73 Å². The zero-order valence-corrected chi connectivity index (χ0v) is 11.2. The van der Waals surface area contributed by atoms with E-state index in [-0.39, 0.29) is 12.0 Å². The van der Waals surface area contributed by atoms with Crippen molar-refractivity contribution in [1.82, 2.24) is 4.90 Å². The summed E-state index contributed by atoms with van der Waals surface area (Å²) in [6.45, 7) is 1.47. The molecule has 102 valence electrons. The topological polar surface area (TPSA) is 55.6 Å². The molecular formula is C15H20N2O2. The minimum absolute atomic E-state index is 0.00711. The average molecular weight is 260 g/mol. The monoisotopic (exact) mass is 260 g/mol. The van der Waals surface area contributed by atoms with Crippen molar-refractivity contribution < 1.29 is 9.53 Å². The molecular weight excluding hydrogens is 240 g/mol. The van der Waals surface area contributed by atoms with Crippen LogP contribution in [0.15, 0.2) is 30.3 Å². The largest absolute Gasteiger partial charge is 0.399 e. The summed E-state index contributed by atoms with van der Waals surface area (Å²) in [5, 5.41) is 0. The predicted molar refractivity (Wildman–Crippen MR) is 76.5 cm³/mol. The van der Waals surface area contributed by atoms with Crippen LogP contribution in [0.25, 0.3) is 6.08 Å². The molecule has 1 aromatic rings. The highest BCUT2D eigenvalue weighted by molar-refractivity contribution is 5.91. The van der Waals surface area contributed by atoms with Crippen molar-refractivity contribution in [2.45, 2.75) is 18.9 Å². The highest BCUT2D eigenvalue weighted by Crippen LogP contribution is 2.13. The first-order valence-corrected chi connectivity index (χ1v) is 6.55. The molecule has 2 rings (SSSR count). The molecule has 1 amide bonds. The van der Waals surface area contributed by atoms with Gasteiger partial charge in [0.1, 0.15) is 0 Å². The van der Waals surface area contributed by atoms with E-state index in [1.807, 2.05) is 24.3 Å². The Kier molecular flexibility index (Phi) is 4.58. The van der Waals surface area contributed by atoms with Crippen LogP contribution in [0.3, 0.4) is 0 Å². The highest BCUT2D eigenvalue weighted by Gasteiger charge is 2.18. The van der Waals surface area contributed by atoms with Crippen molar-refractivity contribution >= 4 is 17.7 Å². The zero-order valence-electron chi connectivity index (χ0n) is 11.2. The molecule has 0 aromatic heterocycles. The molecule has 19 heavy (non-hydrogen) atoms. The number of benzene rings is 1. The van der Waals surface area contributed by atoms with Crippen LogP contribution in [0.2, 0.25) is 0 Å². The fourth-order valence-electron chi connectivity index (χ4n) is 2.09. The number of nitrogens with two attached hydrogens (primary N) is 1. The second kappa shape index (κ2) is 6.38. The van der Waals surface area contributed by atoms with Gasteiger partial charge < -0.3 is 15.4 Å². The van der Waals surface area contributed by atoms with Crippen LogP contribution >= 0.6 is 0 Å². The molecule has 0 radical (unpaired) electrons. The first-order valence-electron chi connectivity index (χ1n) is 6.55. The number of nitrogens with zero attached hydrogens (tertiary/aromatic N) is 1. The van der Waals surface area contributed by atoms with Gasteiger partial charge in [-0.05, 0) is 36.6 Å². The molecule has 1 saturated heterocycles. The van der Waals surface area contributed by atoms with Crippen LogP contribution in [0.1, 0.15) is 18.4 Å². The van der Waals surface area contributed by atoms with Gasteiger partial charge in [0.05, 0.1) is 6.10 Å². The summed E-state index contributed by atoms with van der Waals surface area (Å²) in [5.41, 5.74) is 7.30. The molecule has 0 saturated carbocycles. The summed E-state index contributed by atoms with van der Waals surface area (Å²) in [7, 11) is 1.80. The van der Waals surface area contributed by atoms with Gasteiger partial charge in [-0.25, -0.2) is 0 Å². The Labute approximate surface area is 113 Å². The molecule has 1 heterocycles. The summed E-state index contributed by atoms with van der Waals surface area (Å²) in [6, 6.07) is 7.42. The second-order valence-corrected chi connectivity index (χ2v) is 4.85. The maximum atomic E-state index is 11.9. The Morgan fingerprint density at radius 3 is 2.84 bits per heavy atom. The number of carbonyl (C=O) groups is 1. The second-order valence-electron chi connectivity index (χ2n) is 4.85. The molecule has 0 bridgehead atoms. The van der Waals surface area contributed by atoms with Crippen LogP contribution in [-0.2, 0) is 9.53 Å².